The van der Waals surface area contributed by atoms with E-state index in [0.717, 1.165) is 62.2 Å². The van der Waals surface area contributed by atoms with E-state index in [0.29, 0.717) is 0 Å². The molecule has 0 N–H and O–H groups in total. The Hall–Kier alpha value is -2.52. The topological polar surface area (TPSA) is 59.9 Å². The van der Waals surface area contributed by atoms with Gasteiger partial charge in [-0.25, -0.2) is 0 Å². The number of aryl methyl sites for hydroxylation is 1. The molecule has 0 saturated carbocycles. The first-order valence-electron chi connectivity index (χ1n) is 9.33. The van der Waals surface area contributed by atoms with E-state index in [1.165, 1.54) is 0 Å². The van der Waals surface area contributed by atoms with E-state index in [1.807, 2.05) is 30.3 Å². The van der Waals surface area contributed by atoms with Crippen LogP contribution in [0.5, 0.6) is 0 Å². The third-order valence-corrected chi connectivity index (χ3v) is 5.31. The number of anilines is 1. The third kappa shape index (κ3) is 3.79. The van der Waals surface area contributed by atoms with E-state index in [1.54, 1.807) is 4.68 Å². The van der Waals surface area contributed by atoms with Crippen molar-refractivity contribution < 1.29 is 0 Å². The first kappa shape index (κ1) is 17.9. The molecule has 4 rings (SSSR count). The highest BCUT2D eigenvalue weighted by atomic mass is 32.1. The van der Waals surface area contributed by atoms with Gasteiger partial charge in [-0.1, -0.05) is 30.2 Å². The molecule has 0 radical (unpaired) electrons. The van der Waals surface area contributed by atoms with Crippen LogP contribution in [0.4, 0.5) is 5.95 Å². The normalized spacial score (nSPS) is 15.4. The molecule has 0 spiro atoms. The maximum absolute atomic E-state index is 5.58. The van der Waals surface area contributed by atoms with Crippen LogP contribution in [0.3, 0.4) is 0 Å². The summed E-state index contributed by atoms with van der Waals surface area (Å²) in [7, 11) is 0. The average Bonchev–Trinajstić information content (AvgIpc) is 3.32. The van der Waals surface area contributed by atoms with Crippen LogP contribution in [0.15, 0.2) is 42.7 Å². The fourth-order valence-corrected chi connectivity index (χ4v) is 3.66. The lowest BCUT2D eigenvalue weighted by atomic mass is 10.3. The average molecular weight is 385 g/mol. The zero-order chi connectivity index (χ0) is 18.6. The number of hydrogen-bond acceptors (Lipinski definition) is 6. The Bertz CT molecular complexity index is 920. The Morgan fingerprint density at radius 3 is 2.48 bits per heavy atom. The first-order valence-corrected chi connectivity index (χ1v) is 9.74. The molecule has 1 saturated heterocycles. The van der Waals surface area contributed by atoms with Gasteiger partial charge in [0.15, 0.2) is 4.77 Å². The molecule has 1 aliphatic heterocycles. The van der Waals surface area contributed by atoms with Gasteiger partial charge in [0.2, 0.25) is 5.95 Å². The summed E-state index contributed by atoms with van der Waals surface area (Å²) in [6, 6.07) is 10.0. The Morgan fingerprint density at radius 2 is 1.74 bits per heavy atom. The first-order chi connectivity index (χ1) is 13.3. The highest BCUT2D eigenvalue weighted by Gasteiger charge is 2.22. The van der Waals surface area contributed by atoms with E-state index >= 15 is 0 Å². The van der Waals surface area contributed by atoms with Crippen LogP contribution < -0.4 is 4.90 Å². The number of aromatic nitrogens is 6. The van der Waals surface area contributed by atoms with Crippen molar-refractivity contribution in [2.45, 2.75) is 26.6 Å². The van der Waals surface area contributed by atoms with Crippen LogP contribution in [0.25, 0.3) is 5.69 Å². The van der Waals surface area contributed by atoms with Gasteiger partial charge in [-0.2, -0.15) is 4.68 Å². The molecule has 3 heterocycles. The maximum atomic E-state index is 5.58. The molecular formula is C18H24N8S. The van der Waals surface area contributed by atoms with E-state index < -0.39 is 0 Å². The molecule has 1 aromatic carbocycles. The minimum absolute atomic E-state index is 0.798. The van der Waals surface area contributed by atoms with Crippen molar-refractivity contribution in [1.82, 2.24) is 34.2 Å². The van der Waals surface area contributed by atoms with Crippen LogP contribution >= 0.6 is 12.2 Å². The minimum atomic E-state index is 0.798. The van der Waals surface area contributed by atoms with Crippen molar-refractivity contribution in [3.8, 4) is 5.69 Å². The monoisotopic (exact) mass is 384 g/mol. The van der Waals surface area contributed by atoms with E-state index in [9.17, 15) is 0 Å². The van der Waals surface area contributed by atoms with E-state index in [2.05, 4.69) is 53.8 Å². The molecule has 3 aromatic rings. The predicted molar refractivity (Wildman–Crippen MR) is 106 cm³/mol. The van der Waals surface area contributed by atoms with Gasteiger partial charge in [0, 0.05) is 45.1 Å². The molecule has 0 atom stereocenters. The molecule has 0 aliphatic carbocycles. The number of piperazine rings is 1. The van der Waals surface area contributed by atoms with E-state index in [4.69, 9.17) is 12.2 Å². The molecule has 1 fully saturated rings. The van der Waals surface area contributed by atoms with Gasteiger partial charge in [0.1, 0.15) is 0 Å². The zero-order valence-corrected chi connectivity index (χ0v) is 16.3. The maximum Gasteiger partial charge on any atom is 0.250 e. The summed E-state index contributed by atoms with van der Waals surface area (Å²) in [6.45, 7) is 7.63. The molecule has 9 heteroatoms. The third-order valence-electron chi connectivity index (χ3n) is 4.84. The number of para-hydroxylation sites is 1. The number of tetrazole rings is 1. The molecule has 1 aliphatic rings. The van der Waals surface area contributed by atoms with Gasteiger partial charge in [0.05, 0.1) is 12.4 Å². The summed E-state index contributed by atoms with van der Waals surface area (Å²) in [5, 5.41) is 12.3. The largest absolute Gasteiger partial charge is 0.337 e. The molecule has 142 valence electrons. The number of nitrogens with zero attached hydrogens (tertiary/aromatic N) is 8. The fourth-order valence-electron chi connectivity index (χ4n) is 3.39. The van der Waals surface area contributed by atoms with Crippen molar-refractivity contribution in [2.24, 2.45) is 0 Å². The summed E-state index contributed by atoms with van der Waals surface area (Å²) < 4.78 is 6.98. The van der Waals surface area contributed by atoms with Crippen molar-refractivity contribution in [1.29, 1.82) is 0 Å². The van der Waals surface area contributed by atoms with Crippen molar-refractivity contribution in [3.05, 3.63) is 47.5 Å². The Morgan fingerprint density at radius 1 is 1.00 bits per heavy atom. The molecule has 0 unspecified atom stereocenters. The Kier molecular flexibility index (Phi) is 5.30. The van der Waals surface area contributed by atoms with Gasteiger partial charge < -0.3 is 14.0 Å². The molecule has 8 nitrogen and oxygen atoms in total. The number of hydrogen-bond donors (Lipinski definition) is 0. The zero-order valence-electron chi connectivity index (χ0n) is 15.5. The molecular weight excluding hydrogens is 360 g/mol. The predicted octanol–water partition coefficient (Wildman–Crippen LogP) is 2.18. The van der Waals surface area contributed by atoms with Crippen molar-refractivity contribution >= 4 is 18.2 Å². The summed E-state index contributed by atoms with van der Waals surface area (Å²) in [4.78, 5) is 4.66. The molecule has 2 aromatic heterocycles. The fraction of sp³-hybridized carbons (Fsp3) is 0.444. The van der Waals surface area contributed by atoms with Gasteiger partial charge in [0.25, 0.3) is 0 Å². The van der Waals surface area contributed by atoms with Crippen molar-refractivity contribution in [3.63, 3.8) is 0 Å². The lowest BCUT2D eigenvalue weighted by Crippen LogP contribution is -2.47. The number of benzene rings is 1. The van der Waals surface area contributed by atoms with Gasteiger partial charge in [-0.15, -0.1) is 0 Å². The quantitative estimate of drug-likeness (QED) is 0.607. The minimum Gasteiger partial charge on any atom is -0.337 e. The summed E-state index contributed by atoms with van der Waals surface area (Å²) in [5.41, 5.74) is 0.975. The van der Waals surface area contributed by atoms with Crippen molar-refractivity contribution in [2.75, 3.05) is 31.1 Å². The van der Waals surface area contributed by atoms with E-state index in [-0.39, 0.29) is 0 Å². The second-order valence-corrected chi connectivity index (χ2v) is 7.08. The van der Waals surface area contributed by atoms with Crippen LogP contribution in [0.2, 0.25) is 0 Å². The Labute approximate surface area is 163 Å². The molecule has 27 heavy (non-hydrogen) atoms. The standard InChI is InChI=1S/C18H24N8S/c1-2-8-24-13-14-25(18(24)27)15-22-9-11-23(12-10-22)17-19-20-21-26(17)16-6-4-3-5-7-16/h3-7,13-14H,2,8-12,15H2,1H3. The number of imidazole rings is 1. The second-order valence-electron chi connectivity index (χ2n) is 6.72. The van der Waals surface area contributed by atoms with Crippen LogP contribution in [0.1, 0.15) is 13.3 Å². The van der Waals surface area contributed by atoms with Gasteiger partial charge >= 0.3 is 0 Å². The van der Waals surface area contributed by atoms with Crippen LogP contribution in [-0.2, 0) is 13.2 Å². The van der Waals surface area contributed by atoms with Gasteiger partial charge in [-0.05, 0) is 41.2 Å². The highest BCUT2D eigenvalue weighted by Crippen LogP contribution is 2.17. The number of rotatable bonds is 6. The lowest BCUT2D eigenvalue weighted by molar-refractivity contribution is 0.203. The summed E-state index contributed by atoms with van der Waals surface area (Å²) >= 11 is 5.58. The second kappa shape index (κ2) is 8.01. The van der Waals surface area contributed by atoms with Crippen LogP contribution in [-0.4, -0.2) is 60.4 Å². The van der Waals surface area contributed by atoms with Crippen LogP contribution in [0, 0.1) is 4.77 Å². The lowest BCUT2D eigenvalue weighted by Gasteiger charge is -2.34. The van der Waals surface area contributed by atoms with Gasteiger partial charge in [-0.3, -0.25) is 4.90 Å². The molecule has 0 bridgehead atoms. The SMILES string of the molecule is CCCn1ccn(CN2CCN(c3nnnn3-c3ccccc3)CC2)c1=S. The summed E-state index contributed by atoms with van der Waals surface area (Å²) in [6.07, 6.45) is 5.25. The summed E-state index contributed by atoms with van der Waals surface area (Å²) in [5.74, 6) is 0.798. The Balaban J connectivity index is 1.40. The highest BCUT2D eigenvalue weighted by molar-refractivity contribution is 7.71. The molecule has 0 amide bonds. The smallest absolute Gasteiger partial charge is 0.250 e.